The SMILES string of the molecule is CN1CCN(C(CN)c2ccc(Br)c(Br)c2)CC1(C)C. The summed E-state index contributed by atoms with van der Waals surface area (Å²) in [6.07, 6.45) is 0. The zero-order valence-corrected chi connectivity index (χ0v) is 15.5. The number of likely N-dealkylation sites (N-methyl/N-ethyl adjacent to an activating group) is 1. The van der Waals surface area contributed by atoms with Gasteiger partial charge in [-0.2, -0.15) is 0 Å². The summed E-state index contributed by atoms with van der Waals surface area (Å²) in [5.74, 6) is 0. The number of nitrogens with zero attached hydrogens (tertiary/aromatic N) is 2. The molecular weight excluding hydrogens is 382 g/mol. The molecule has 0 spiro atoms. The lowest BCUT2D eigenvalue weighted by atomic mass is 9.96. The molecule has 1 saturated heterocycles. The third-order valence-electron chi connectivity index (χ3n) is 4.34. The number of hydrogen-bond donors (Lipinski definition) is 1. The molecule has 1 aromatic rings. The van der Waals surface area contributed by atoms with Crippen LogP contribution in [0.25, 0.3) is 0 Å². The molecule has 5 heteroatoms. The summed E-state index contributed by atoms with van der Waals surface area (Å²) in [4.78, 5) is 4.93. The summed E-state index contributed by atoms with van der Waals surface area (Å²) in [5.41, 5.74) is 7.54. The van der Waals surface area contributed by atoms with Crippen LogP contribution in [0.15, 0.2) is 27.1 Å². The van der Waals surface area contributed by atoms with E-state index in [9.17, 15) is 0 Å². The number of rotatable bonds is 3. The Kier molecular flexibility index (Phi) is 5.29. The van der Waals surface area contributed by atoms with E-state index in [-0.39, 0.29) is 11.6 Å². The maximum atomic E-state index is 6.06. The van der Waals surface area contributed by atoms with Crippen LogP contribution < -0.4 is 5.73 Å². The Bertz CT molecular complexity index is 476. The first-order valence-electron chi connectivity index (χ1n) is 6.95. The third kappa shape index (κ3) is 3.45. The highest BCUT2D eigenvalue weighted by Crippen LogP contribution is 2.31. The Morgan fingerprint density at radius 2 is 1.95 bits per heavy atom. The summed E-state index contributed by atoms with van der Waals surface area (Å²) < 4.78 is 2.16. The molecular formula is C15H23Br2N3. The highest BCUT2D eigenvalue weighted by atomic mass is 79.9. The predicted octanol–water partition coefficient (Wildman–Crippen LogP) is 3.24. The lowest BCUT2D eigenvalue weighted by molar-refractivity contribution is 0.0180. The fraction of sp³-hybridized carbons (Fsp3) is 0.600. The van der Waals surface area contributed by atoms with Crippen LogP contribution >= 0.6 is 31.9 Å². The quantitative estimate of drug-likeness (QED) is 0.839. The second-order valence-electron chi connectivity index (χ2n) is 6.13. The van der Waals surface area contributed by atoms with Gasteiger partial charge < -0.3 is 5.73 Å². The van der Waals surface area contributed by atoms with Crippen LogP contribution in [0.5, 0.6) is 0 Å². The minimum atomic E-state index is 0.193. The van der Waals surface area contributed by atoms with E-state index >= 15 is 0 Å². The van der Waals surface area contributed by atoms with Gasteiger partial charge in [0.05, 0.1) is 0 Å². The monoisotopic (exact) mass is 403 g/mol. The Morgan fingerprint density at radius 3 is 2.50 bits per heavy atom. The summed E-state index contributed by atoms with van der Waals surface area (Å²) in [5, 5.41) is 0. The average Bonchev–Trinajstić information content (AvgIpc) is 2.38. The minimum absolute atomic E-state index is 0.193. The van der Waals surface area contributed by atoms with E-state index in [1.165, 1.54) is 5.56 Å². The van der Waals surface area contributed by atoms with Gasteiger partial charge in [0.1, 0.15) is 0 Å². The Labute approximate surface area is 138 Å². The molecule has 2 N–H and O–H groups in total. The van der Waals surface area contributed by atoms with Crippen molar-refractivity contribution in [3.8, 4) is 0 Å². The van der Waals surface area contributed by atoms with Gasteiger partial charge in [0.25, 0.3) is 0 Å². The van der Waals surface area contributed by atoms with Crippen molar-refractivity contribution >= 4 is 31.9 Å². The lowest BCUT2D eigenvalue weighted by Crippen LogP contribution is -2.58. The molecule has 3 nitrogen and oxygen atoms in total. The van der Waals surface area contributed by atoms with Crippen molar-refractivity contribution in [3.05, 3.63) is 32.7 Å². The standard InChI is InChI=1S/C15H23Br2N3/c1-15(2)10-20(7-6-19(15)3)14(9-18)11-4-5-12(16)13(17)8-11/h4-5,8,14H,6-7,9-10,18H2,1-3H3. The number of benzene rings is 1. The van der Waals surface area contributed by atoms with Crippen LogP contribution in [-0.2, 0) is 0 Å². The maximum Gasteiger partial charge on any atom is 0.0472 e. The summed E-state index contributed by atoms with van der Waals surface area (Å²) >= 11 is 7.11. The molecule has 1 aliphatic heterocycles. The van der Waals surface area contributed by atoms with Crippen LogP contribution in [0, 0.1) is 0 Å². The zero-order valence-electron chi connectivity index (χ0n) is 12.4. The summed E-state index contributed by atoms with van der Waals surface area (Å²) in [7, 11) is 2.20. The van der Waals surface area contributed by atoms with Gasteiger partial charge in [-0.05, 0) is 70.5 Å². The van der Waals surface area contributed by atoms with Crippen LogP contribution in [0.4, 0.5) is 0 Å². The van der Waals surface area contributed by atoms with Crippen molar-refractivity contribution in [2.45, 2.75) is 25.4 Å². The van der Waals surface area contributed by atoms with Crippen molar-refractivity contribution in [2.75, 3.05) is 33.2 Å². The number of hydrogen-bond acceptors (Lipinski definition) is 3. The first kappa shape index (κ1) is 16.4. The minimum Gasteiger partial charge on any atom is -0.329 e. The van der Waals surface area contributed by atoms with Gasteiger partial charge in [-0.1, -0.05) is 6.07 Å². The first-order valence-corrected chi connectivity index (χ1v) is 8.54. The zero-order chi connectivity index (χ0) is 14.9. The van der Waals surface area contributed by atoms with Crippen molar-refractivity contribution in [3.63, 3.8) is 0 Å². The molecule has 0 bridgehead atoms. The van der Waals surface area contributed by atoms with Gasteiger partial charge in [0, 0.05) is 46.7 Å². The smallest absolute Gasteiger partial charge is 0.0472 e. The van der Waals surface area contributed by atoms with Crippen LogP contribution in [0.2, 0.25) is 0 Å². The molecule has 0 amide bonds. The average molecular weight is 405 g/mol. The van der Waals surface area contributed by atoms with Crippen molar-refractivity contribution < 1.29 is 0 Å². The highest BCUT2D eigenvalue weighted by Gasteiger charge is 2.34. The van der Waals surface area contributed by atoms with Gasteiger partial charge in [0.15, 0.2) is 0 Å². The number of halogens is 2. The van der Waals surface area contributed by atoms with Crippen molar-refractivity contribution in [1.29, 1.82) is 0 Å². The molecule has 0 aromatic heterocycles. The Balaban J connectivity index is 2.22. The Hall–Kier alpha value is 0.0600. The normalized spacial score (nSPS) is 21.9. The van der Waals surface area contributed by atoms with Crippen LogP contribution in [-0.4, -0.2) is 48.6 Å². The Morgan fingerprint density at radius 1 is 1.25 bits per heavy atom. The highest BCUT2D eigenvalue weighted by molar-refractivity contribution is 9.13. The molecule has 20 heavy (non-hydrogen) atoms. The molecule has 1 aliphatic rings. The summed E-state index contributed by atoms with van der Waals surface area (Å²) in [6.45, 7) is 8.43. The molecule has 1 unspecified atom stereocenters. The van der Waals surface area contributed by atoms with Crippen LogP contribution in [0.1, 0.15) is 25.5 Å². The van der Waals surface area contributed by atoms with E-state index in [4.69, 9.17) is 5.73 Å². The largest absolute Gasteiger partial charge is 0.329 e. The number of nitrogens with two attached hydrogens (primary N) is 1. The molecule has 0 saturated carbocycles. The van der Waals surface area contributed by atoms with Gasteiger partial charge in [-0.25, -0.2) is 0 Å². The topological polar surface area (TPSA) is 32.5 Å². The molecule has 0 radical (unpaired) electrons. The number of piperazine rings is 1. The van der Waals surface area contributed by atoms with Gasteiger partial charge >= 0.3 is 0 Å². The summed E-state index contributed by atoms with van der Waals surface area (Å²) in [6, 6.07) is 6.71. The predicted molar refractivity (Wildman–Crippen MR) is 91.9 cm³/mol. The molecule has 2 rings (SSSR count). The molecule has 1 heterocycles. The van der Waals surface area contributed by atoms with Crippen LogP contribution in [0.3, 0.4) is 0 Å². The second kappa shape index (κ2) is 6.44. The fourth-order valence-corrected chi connectivity index (χ4v) is 3.40. The van der Waals surface area contributed by atoms with Gasteiger partial charge in [-0.3, -0.25) is 9.80 Å². The second-order valence-corrected chi connectivity index (χ2v) is 7.84. The van der Waals surface area contributed by atoms with Gasteiger partial charge in [-0.15, -0.1) is 0 Å². The van der Waals surface area contributed by atoms with E-state index in [0.29, 0.717) is 6.54 Å². The van der Waals surface area contributed by atoms with Gasteiger partial charge in [0.2, 0.25) is 0 Å². The fourth-order valence-electron chi connectivity index (χ4n) is 2.76. The maximum absolute atomic E-state index is 6.06. The lowest BCUT2D eigenvalue weighted by Gasteiger charge is -2.48. The molecule has 1 fully saturated rings. The van der Waals surface area contributed by atoms with E-state index < -0.39 is 0 Å². The molecule has 112 valence electrons. The first-order chi connectivity index (χ1) is 9.35. The molecule has 0 aliphatic carbocycles. The van der Waals surface area contributed by atoms with E-state index in [1.54, 1.807) is 0 Å². The molecule has 1 atom stereocenters. The van der Waals surface area contributed by atoms with E-state index in [0.717, 1.165) is 28.6 Å². The third-order valence-corrected chi connectivity index (χ3v) is 6.22. The van der Waals surface area contributed by atoms with Crippen molar-refractivity contribution in [1.82, 2.24) is 9.80 Å². The van der Waals surface area contributed by atoms with E-state index in [2.05, 4.69) is 80.8 Å². The molecule has 1 aromatic carbocycles. The van der Waals surface area contributed by atoms with Crippen molar-refractivity contribution in [2.24, 2.45) is 5.73 Å². The van der Waals surface area contributed by atoms with E-state index in [1.807, 2.05) is 0 Å².